The maximum atomic E-state index is 5.61. The lowest BCUT2D eigenvalue weighted by Gasteiger charge is -2.29. The van der Waals surface area contributed by atoms with Gasteiger partial charge in [-0.05, 0) is 38.1 Å². The molecule has 2 unspecified atom stereocenters. The Morgan fingerprint density at radius 2 is 2.14 bits per heavy atom. The Morgan fingerprint density at radius 3 is 2.79 bits per heavy atom. The summed E-state index contributed by atoms with van der Waals surface area (Å²) in [6.45, 7) is 3.92. The molecule has 0 aromatic heterocycles. The number of halogens is 1. The number of rotatable bonds is 2. The van der Waals surface area contributed by atoms with Crippen LogP contribution in [0.5, 0.6) is 0 Å². The van der Waals surface area contributed by atoms with Gasteiger partial charge in [0.1, 0.15) is 6.23 Å². The molecule has 2 saturated heterocycles. The minimum absolute atomic E-state index is 0. The van der Waals surface area contributed by atoms with E-state index >= 15 is 0 Å². The molecule has 0 saturated carbocycles. The number of nitrogens with one attached hydrogen (secondary N) is 1. The summed E-state index contributed by atoms with van der Waals surface area (Å²) in [6.07, 6.45) is 5.09. The smallest absolute Gasteiger partial charge is 0.108 e. The zero-order valence-corrected chi connectivity index (χ0v) is 9.35. The van der Waals surface area contributed by atoms with E-state index in [2.05, 4.69) is 5.32 Å². The summed E-state index contributed by atoms with van der Waals surface area (Å²) in [6, 6.07) is 0. The van der Waals surface area contributed by atoms with Gasteiger partial charge in [0, 0.05) is 19.8 Å². The molecule has 0 aliphatic carbocycles. The van der Waals surface area contributed by atoms with Gasteiger partial charge >= 0.3 is 0 Å². The highest BCUT2D eigenvalue weighted by Crippen LogP contribution is 2.20. The highest BCUT2D eigenvalue weighted by atomic mass is 35.5. The average molecular weight is 222 g/mol. The summed E-state index contributed by atoms with van der Waals surface area (Å²) in [4.78, 5) is 0. The van der Waals surface area contributed by atoms with E-state index in [1.54, 1.807) is 0 Å². The molecule has 0 amide bonds. The van der Waals surface area contributed by atoms with Crippen molar-refractivity contribution in [3.05, 3.63) is 0 Å². The molecular formula is C10H20ClNO2. The lowest BCUT2D eigenvalue weighted by atomic mass is 9.97. The van der Waals surface area contributed by atoms with Crippen LogP contribution in [0.3, 0.4) is 0 Å². The number of hydrogen-bond acceptors (Lipinski definition) is 3. The summed E-state index contributed by atoms with van der Waals surface area (Å²) in [5.74, 6) is 0.712. The number of hydrogen-bond donors (Lipinski definition) is 1. The Labute approximate surface area is 91.9 Å². The van der Waals surface area contributed by atoms with E-state index in [0.717, 1.165) is 39.2 Å². The van der Waals surface area contributed by atoms with E-state index in [0.29, 0.717) is 12.1 Å². The van der Waals surface area contributed by atoms with Gasteiger partial charge in [0.2, 0.25) is 0 Å². The van der Waals surface area contributed by atoms with Gasteiger partial charge < -0.3 is 9.47 Å². The first-order valence-electron chi connectivity index (χ1n) is 5.38. The van der Waals surface area contributed by atoms with Crippen molar-refractivity contribution in [1.82, 2.24) is 5.32 Å². The molecular weight excluding hydrogens is 202 g/mol. The standard InChI is InChI=1S/C10H19NO2.ClH/c1-3-9(8-12-5-1)7-10-11-4-2-6-13-10;/h9-11H,1-8H2;1H. The maximum Gasteiger partial charge on any atom is 0.108 e. The fourth-order valence-corrected chi connectivity index (χ4v) is 2.07. The third-order valence-corrected chi connectivity index (χ3v) is 2.81. The summed E-state index contributed by atoms with van der Waals surface area (Å²) in [7, 11) is 0. The molecule has 0 radical (unpaired) electrons. The van der Waals surface area contributed by atoms with Gasteiger partial charge in [-0.1, -0.05) is 0 Å². The van der Waals surface area contributed by atoms with Gasteiger partial charge in [0.25, 0.3) is 0 Å². The van der Waals surface area contributed by atoms with Gasteiger partial charge in [-0.3, -0.25) is 5.32 Å². The minimum atomic E-state index is 0. The van der Waals surface area contributed by atoms with Crippen LogP contribution in [0, 0.1) is 5.92 Å². The van der Waals surface area contributed by atoms with Crippen molar-refractivity contribution in [2.45, 2.75) is 31.9 Å². The first-order chi connectivity index (χ1) is 6.45. The van der Waals surface area contributed by atoms with E-state index in [1.807, 2.05) is 0 Å². The van der Waals surface area contributed by atoms with Crippen molar-refractivity contribution >= 4 is 12.4 Å². The summed E-state index contributed by atoms with van der Waals surface area (Å²) in [5.41, 5.74) is 0. The maximum absolute atomic E-state index is 5.61. The lowest BCUT2D eigenvalue weighted by molar-refractivity contribution is -0.0338. The molecule has 0 spiro atoms. The first-order valence-corrected chi connectivity index (χ1v) is 5.38. The van der Waals surface area contributed by atoms with Crippen LogP contribution in [0.1, 0.15) is 25.7 Å². The van der Waals surface area contributed by atoms with Crippen LogP contribution >= 0.6 is 12.4 Å². The van der Waals surface area contributed by atoms with Crippen LogP contribution in [0.25, 0.3) is 0 Å². The summed E-state index contributed by atoms with van der Waals surface area (Å²) >= 11 is 0. The van der Waals surface area contributed by atoms with E-state index in [4.69, 9.17) is 9.47 Å². The van der Waals surface area contributed by atoms with Gasteiger partial charge in [-0.2, -0.15) is 0 Å². The summed E-state index contributed by atoms with van der Waals surface area (Å²) in [5, 5.41) is 3.39. The van der Waals surface area contributed by atoms with Crippen LogP contribution in [0.4, 0.5) is 0 Å². The quantitative estimate of drug-likeness (QED) is 0.768. The van der Waals surface area contributed by atoms with E-state index in [9.17, 15) is 0 Å². The van der Waals surface area contributed by atoms with Crippen LogP contribution in [0.15, 0.2) is 0 Å². The molecule has 2 aliphatic rings. The molecule has 2 heterocycles. The fraction of sp³-hybridized carbons (Fsp3) is 1.00. The second kappa shape index (κ2) is 6.62. The molecule has 2 rings (SSSR count). The second-order valence-corrected chi connectivity index (χ2v) is 3.99. The molecule has 14 heavy (non-hydrogen) atoms. The van der Waals surface area contributed by atoms with E-state index in [-0.39, 0.29) is 12.4 Å². The number of ether oxygens (including phenoxy) is 2. The zero-order chi connectivity index (χ0) is 8.93. The average Bonchev–Trinajstić information content (AvgIpc) is 2.21. The predicted molar refractivity (Wildman–Crippen MR) is 57.8 cm³/mol. The van der Waals surface area contributed by atoms with Crippen LogP contribution < -0.4 is 5.32 Å². The SMILES string of the molecule is C1CNC(CC2CCCOC2)OC1.Cl. The monoisotopic (exact) mass is 221 g/mol. The van der Waals surface area contributed by atoms with Crippen molar-refractivity contribution in [2.24, 2.45) is 5.92 Å². The molecule has 84 valence electrons. The van der Waals surface area contributed by atoms with Crippen molar-refractivity contribution in [1.29, 1.82) is 0 Å². The van der Waals surface area contributed by atoms with Gasteiger partial charge in [0.05, 0.1) is 0 Å². The normalized spacial score (nSPS) is 33.4. The molecule has 2 fully saturated rings. The zero-order valence-electron chi connectivity index (χ0n) is 8.54. The Bertz CT molecular complexity index is 129. The molecule has 0 aromatic rings. The van der Waals surface area contributed by atoms with Gasteiger partial charge in [-0.25, -0.2) is 0 Å². The molecule has 0 aromatic carbocycles. The Balaban J connectivity index is 0.000000980. The van der Waals surface area contributed by atoms with Crippen molar-refractivity contribution in [3.63, 3.8) is 0 Å². The third kappa shape index (κ3) is 3.73. The molecule has 2 atom stereocenters. The van der Waals surface area contributed by atoms with Crippen molar-refractivity contribution in [3.8, 4) is 0 Å². The lowest BCUT2D eigenvalue weighted by Crippen LogP contribution is -2.40. The second-order valence-electron chi connectivity index (χ2n) is 3.99. The van der Waals surface area contributed by atoms with Crippen LogP contribution in [0.2, 0.25) is 0 Å². The highest BCUT2D eigenvalue weighted by Gasteiger charge is 2.20. The van der Waals surface area contributed by atoms with Crippen molar-refractivity contribution in [2.75, 3.05) is 26.4 Å². The largest absolute Gasteiger partial charge is 0.381 e. The van der Waals surface area contributed by atoms with E-state index < -0.39 is 0 Å². The van der Waals surface area contributed by atoms with E-state index in [1.165, 1.54) is 12.8 Å². The van der Waals surface area contributed by atoms with Gasteiger partial charge in [0.15, 0.2) is 0 Å². The Hall–Kier alpha value is 0.170. The molecule has 2 aliphatic heterocycles. The topological polar surface area (TPSA) is 30.5 Å². The van der Waals surface area contributed by atoms with Crippen LogP contribution in [-0.2, 0) is 9.47 Å². The van der Waals surface area contributed by atoms with Crippen LogP contribution in [-0.4, -0.2) is 32.6 Å². The molecule has 4 heteroatoms. The first kappa shape index (κ1) is 12.2. The van der Waals surface area contributed by atoms with Gasteiger partial charge in [-0.15, -0.1) is 12.4 Å². The minimum Gasteiger partial charge on any atom is -0.381 e. The molecule has 3 nitrogen and oxygen atoms in total. The Morgan fingerprint density at radius 1 is 1.21 bits per heavy atom. The highest BCUT2D eigenvalue weighted by molar-refractivity contribution is 5.85. The molecule has 0 bridgehead atoms. The van der Waals surface area contributed by atoms with Crippen molar-refractivity contribution < 1.29 is 9.47 Å². The third-order valence-electron chi connectivity index (χ3n) is 2.81. The Kier molecular flexibility index (Phi) is 5.78. The predicted octanol–water partition coefficient (Wildman–Crippen LogP) is 1.56. The summed E-state index contributed by atoms with van der Waals surface area (Å²) < 4.78 is 11.1. The molecule has 1 N–H and O–H groups in total. The fourth-order valence-electron chi connectivity index (χ4n) is 2.07.